The van der Waals surface area contributed by atoms with Crippen molar-refractivity contribution in [1.29, 1.82) is 0 Å². The lowest BCUT2D eigenvalue weighted by Gasteiger charge is -2.33. The van der Waals surface area contributed by atoms with E-state index in [1.807, 2.05) is 31.0 Å². The number of nitrogens with two attached hydrogens (primary N) is 2. The van der Waals surface area contributed by atoms with Crippen molar-refractivity contribution in [1.82, 2.24) is 29.8 Å². The summed E-state index contributed by atoms with van der Waals surface area (Å²) in [7, 11) is 3.28. The van der Waals surface area contributed by atoms with Crippen molar-refractivity contribution in [3.8, 4) is 28.3 Å². The molecule has 5 unspecified atom stereocenters. The van der Waals surface area contributed by atoms with Crippen LogP contribution in [0.15, 0.2) is 96.4 Å². The lowest BCUT2D eigenvalue weighted by molar-refractivity contribution is -0.145. The highest BCUT2D eigenvalue weighted by atomic mass is 16.6. The smallest absolute Gasteiger partial charge is 0.252 e. The number of aromatic amines is 1. The van der Waals surface area contributed by atoms with E-state index in [0.29, 0.717) is 30.8 Å². The number of carbonyl (C=O) groups excluding carboxylic acids is 1. The molecule has 3 aliphatic rings. The van der Waals surface area contributed by atoms with Crippen molar-refractivity contribution in [2.45, 2.75) is 110 Å². The minimum absolute atomic E-state index is 0.0329. The number of carbonyl (C=O) groups is 1. The van der Waals surface area contributed by atoms with E-state index in [4.69, 9.17) is 30.2 Å². The minimum Gasteiger partial charge on any atom is -0.494 e. The molecule has 5 heterocycles. The Morgan fingerprint density at radius 2 is 1.76 bits per heavy atom. The number of nitrogens with zero attached hydrogens (tertiary/aromatic N) is 5. The van der Waals surface area contributed by atoms with Crippen LogP contribution in [0.4, 0.5) is 0 Å². The third kappa shape index (κ3) is 11.2. The molecule has 14 heteroatoms. The van der Waals surface area contributed by atoms with Gasteiger partial charge in [0.1, 0.15) is 17.7 Å². The van der Waals surface area contributed by atoms with Crippen molar-refractivity contribution in [3.05, 3.63) is 114 Å². The molecule has 0 saturated carbocycles. The second-order valence-corrected chi connectivity index (χ2v) is 18.4. The Kier molecular flexibility index (Phi) is 17.6. The van der Waals surface area contributed by atoms with Gasteiger partial charge in [-0.2, -0.15) is 5.48 Å². The highest BCUT2D eigenvalue weighted by Crippen LogP contribution is 2.44. The maximum Gasteiger partial charge on any atom is 0.252 e. The molecule has 1 amide bonds. The standard InChI is InChI=1S/C41H46N6O3.C12H24N2O.H3NO/c1-6-17-50-31-10-7-9-28(20-31)37-21-29-19-27(34-24-44-40(45-34)36-11-8-16-46(36)41(48)39(49-5)25(2)3)12-14-32(29)38-22-30-18-26(33(42)23-43-4)13-15-35(30)47(37)38;1-9(2)12(13-15-5)11(4)14-8-6-7-10(14)3;1-2/h7,9-10,12-15,18-20,22-25,36-37,39H,4,6,8,11,16-17,21,42H2,1-3,5H3,(H,44,45);9-10,12-13H,4,6-8H2,1-3,5H3;2H,1H2/b33-23-;;. The van der Waals surface area contributed by atoms with E-state index in [1.165, 1.54) is 29.5 Å². The molecule has 0 aliphatic carbocycles. The number of aromatic nitrogens is 3. The predicted molar refractivity (Wildman–Crippen MR) is 269 cm³/mol. The highest BCUT2D eigenvalue weighted by Gasteiger charge is 2.37. The van der Waals surface area contributed by atoms with Gasteiger partial charge < -0.3 is 44.6 Å². The summed E-state index contributed by atoms with van der Waals surface area (Å²) in [6.07, 6.45) is 9.15. The highest BCUT2D eigenvalue weighted by molar-refractivity contribution is 5.91. The van der Waals surface area contributed by atoms with Crippen molar-refractivity contribution >= 4 is 29.2 Å². The van der Waals surface area contributed by atoms with Crippen LogP contribution in [0, 0.1) is 11.8 Å². The summed E-state index contributed by atoms with van der Waals surface area (Å²) in [6.45, 7) is 23.1. The zero-order valence-electron chi connectivity index (χ0n) is 40.8. The number of imidazole rings is 1. The van der Waals surface area contributed by atoms with E-state index in [-0.39, 0.29) is 30.0 Å². The van der Waals surface area contributed by atoms with Gasteiger partial charge in [-0.1, -0.05) is 71.5 Å². The summed E-state index contributed by atoms with van der Waals surface area (Å²) in [6, 6.07) is 24.6. The van der Waals surface area contributed by atoms with Gasteiger partial charge in [0.2, 0.25) is 0 Å². The summed E-state index contributed by atoms with van der Waals surface area (Å²) in [4.78, 5) is 35.1. The lowest BCUT2D eigenvalue weighted by Crippen LogP contribution is -2.42. The number of H-pyrrole nitrogens is 1. The summed E-state index contributed by atoms with van der Waals surface area (Å²) in [5.41, 5.74) is 20.0. The van der Waals surface area contributed by atoms with Gasteiger partial charge >= 0.3 is 0 Å². The van der Waals surface area contributed by atoms with Gasteiger partial charge in [0.15, 0.2) is 0 Å². The monoisotopic (exact) mass is 916 g/mol. The Labute approximate surface area is 397 Å². The molecule has 2 saturated heterocycles. The molecular weight excluding hydrogens is 843 g/mol. The van der Waals surface area contributed by atoms with Crippen LogP contribution >= 0.6 is 0 Å². The van der Waals surface area contributed by atoms with Crippen LogP contribution in [0.25, 0.3) is 39.1 Å². The number of hydrogen-bond donors (Lipinski definition) is 5. The summed E-state index contributed by atoms with van der Waals surface area (Å²) < 4.78 is 14.1. The summed E-state index contributed by atoms with van der Waals surface area (Å²) >= 11 is 0. The van der Waals surface area contributed by atoms with Gasteiger partial charge in [-0.3, -0.25) is 9.79 Å². The van der Waals surface area contributed by atoms with Crippen LogP contribution in [-0.2, 0) is 20.8 Å². The molecule has 0 bridgehead atoms. The second kappa shape index (κ2) is 23.3. The molecule has 2 aromatic heterocycles. The van der Waals surface area contributed by atoms with Crippen molar-refractivity contribution < 1.29 is 24.3 Å². The van der Waals surface area contributed by atoms with E-state index in [9.17, 15) is 4.79 Å². The van der Waals surface area contributed by atoms with Crippen molar-refractivity contribution in [3.63, 3.8) is 0 Å². The maximum atomic E-state index is 13.4. The van der Waals surface area contributed by atoms with Crippen molar-refractivity contribution in [2.24, 2.45) is 28.5 Å². The molecule has 8 rings (SSSR count). The fourth-order valence-corrected chi connectivity index (χ4v) is 9.95. The molecule has 5 atom stereocenters. The zero-order chi connectivity index (χ0) is 48.4. The molecule has 14 nitrogen and oxygen atoms in total. The number of amides is 1. The van der Waals surface area contributed by atoms with Crippen molar-refractivity contribution in [2.75, 3.05) is 33.9 Å². The number of likely N-dealkylation sites (tertiary alicyclic amines) is 2. The first-order valence-corrected chi connectivity index (χ1v) is 23.7. The number of hydroxylamine groups is 1. The Bertz CT molecular complexity index is 2490. The van der Waals surface area contributed by atoms with E-state index < -0.39 is 6.10 Å². The Morgan fingerprint density at radius 1 is 1.00 bits per heavy atom. The van der Waals surface area contributed by atoms with E-state index in [2.05, 4.69) is 132 Å². The van der Waals surface area contributed by atoms with Gasteiger partial charge in [-0.05, 0) is 123 Å². The first-order chi connectivity index (χ1) is 32.4. The number of nitrogens with one attached hydrogen (secondary N) is 2. The average Bonchev–Trinajstić information content (AvgIpc) is 4.17. The third-order valence-corrected chi connectivity index (χ3v) is 13.3. The third-order valence-electron chi connectivity index (χ3n) is 13.3. The first-order valence-electron chi connectivity index (χ1n) is 23.7. The SMILES string of the molecule is C=C(C(NOC)C(C)C)N1CCCC1C.C=N/C=C(\N)c1ccc2c(c1)cc1n2C(c2cccc(OCCC)c2)Cc2cc(-c3cnc(C4CCCN4C(=O)C(OC)C(C)C)[nH]3)ccc2-1.NO. The fraction of sp³-hybridized carbons (Fsp3) is 0.453. The van der Waals surface area contributed by atoms with Crippen LogP contribution in [0.1, 0.15) is 108 Å². The molecule has 360 valence electrons. The second-order valence-electron chi connectivity index (χ2n) is 18.4. The fourth-order valence-electron chi connectivity index (χ4n) is 9.95. The average molecular weight is 916 g/mol. The molecule has 7 N–H and O–H groups in total. The minimum atomic E-state index is -0.460. The number of methoxy groups -OCH3 is 1. The van der Waals surface area contributed by atoms with Crippen LogP contribution in [0.5, 0.6) is 5.75 Å². The van der Waals surface area contributed by atoms with E-state index in [0.717, 1.165) is 82.9 Å². The number of hydrogen-bond acceptors (Lipinski definition) is 11. The first kappa shape index (κ1) is 50.6. The predicted octanol–water partition coefficient (Wildman–Crippen LogP) is 9.42. The van der Waals surface area contributed by atoms with Crippen LogP contribution in [-0.4, -0.2) is 94.3 Å². The largest absolute Gasteiger partial charge is 0.494 e. The molecule has 5 aromatic rings. The number of benzene rings is 3. The quantitative estimate of drug-likeness (QED) is 0.0473. The molecular formula is C53H73N9O5. The number of aliphatic imine (C=N–C) groups is 1. The Balaban J connectivity index is 0.000000370. The summed E-state index contributed by atoms with van der Waals surface area (Å²) in [5, 5.41) is 7.61. The van der Waals surface area contributed by atoms with Gasteiger partial charge in [-0.15, -0.1) is 0 Å². The molecule has 67 heavy (non-hydrogen) atoms. The number of fused-ring (bicyclic) bond motifs is 5. The van der Waals surface area contributed by atoms with Gasteiger partial charge in [0.05, 0.1) is 49.4 Å². The molecule has 0 radical (unpaired) electrons. The van der Waals surface area contributed by atoms with Crippen LogP contribution in [0.3, 0.4) is 0 Å². The maximum absolute atomic E-state index is 13.4. The molecule has 3 aliphatic heterocycles. The molecule has 2 fully saturated rings. The molecule has 0 spiro atoms. The normalized spacial score (nSPS) is 18.7. The van der Waals surface area contributed by atoms with Crippen LogP contribution in [0.2, 0.25) is 0 Å². The van der Waals surface area contributed by atoms with E-state index in [1.54, 1.807) is 20.4 Å². The topological polar surface area (TPSA) is 182 Å². The summed E-state index contributed by atoms with van der Waals surface area (Å²) in [5.74, 6) is 5.82. The number of ether oxygens (including phenoxy) is 2. The molecule has 3 aromatic carbocycles. The lowest BCUT2D eigenvalue weighted by atomic mass is 9.88. The van der Waals surface area contributed by atoms with E-state index >= 15 is 0 Å². The zero-order valence-corrected chi connectivity index (χ0v) is 40.8. The van der Waals surface area contributed by atoms with Gasteiger partial charge in [0.25, 0.3) is 5.91 Å². The van der Waals surface area contributed by atoms with Crippen LogP contribution < -0.4 is 21.8 Å². The number of rotatable bonds is 16. The van der Waals surface area contributed by atoms with Gasteiger partial charge in [-0.25, -0.2) is 10.9 Å². The Morgan fingerprint density at radius 3 is 2.43 bits per heavy atom. The van der Waals surface area contributed by atoms with Gasteiger partial charge in [0, 0.05) is 60.3 Å². The Hall–Kier alpha value is -5.77.